The second kappa shape index (κ2) is 10.1. The van der Waals surface area contributed by atoms with Crippen LogP contribution in [0, 0.1) is 0 Å². The molecule has 0 unspecified atom stereocenters. The van der Waals surface area contributed by atoms with E-state index in [0.717, 1.165) is 69.9 Å². The van der Waals surface area contributed by atoms with Crippen molar-refractivity contribution in [1.29, 1.82) is 0 Å². The topological polar surface area (TPSA) is 106 Å². The summed E-state index contributed by atoms with van der Waals surface area (Å²) < 4.78 is 4.08. The first-order valence-corrected chi connectivity index (χ1v) is 12.9. The molecule has 32 heavy (non-hydrogen) atoms. The standard InChI is InChI=1S/C23H31N5O3Se/c1-3-27(4-2)12-13-28-17-7-6-16(25-10-9-24-11-14-29)23-19(17)20(26-28)15-5-8-18(30)21(31)22(15)32-23/h5-8,24-26,29,31H,3-4,9-14H2,1-2H3. The van der Waals surface area contributed by atoms with Crippen molar-refractivity contribution in [1.82, 2.24) is 20.0 Å². The number of nitrogens with zero attached hydrogens (tertiary/aromatic N) is 2. The number of H-pyrrole nitrogens is 1. The van der Waals surface area contributed by atoms with E-state index in [1.807, 2.05) is 6.07 Å². The summed E-state index contributed by atoms with van der Waals surface area (Å²) >= 11 is -0.202. The molecule has 2 aromatic heterocycles. The van der Waals surface area contributed by atoms with Crippen molar-refractivity contribution in [2.45, 2.75) is 20.4 Å². The summed E-state index contributed by atoms with van der Waals surface area (Å²) in [4.78, 5) is 14.5. The quantitative estimate of drug-likeness (QED) is 0.121. The van der Waals surface area contributed by atoms with E-state index in [2.05, 4.69) is 51.3 Å². The van der Waals surface area contributed by atoms with Crippen LogP contribution in [-0.2, 0) is 6.54 Å². The third kappa shape index (κ3) is 4.31. The number of aromatic amines is 1. The van der Waals surface area contributed by atoms with Crippen molar-refractivity contribution in [3.63, 3.8) is 0 Å². The molecular weight excluding hydrogens is 473 g/mol. The third-order valence-electron chi connectivity index (χ3n) is 5.93. The SMILES string of the molecule is CCN(CC)CCn1[nH]c2c3ccc(=O)c(O)c3[se]c3c(NCCNCCO)ccc1c32. The van der Waals surface area contributed by atoms with Gasteiger partial charge in [0.05, 0.1) is 0 Å². The van der Waals surface area contributed by atoms with Crippen LogP contribution in [0.2, 0.25) is 0 Å². The van der Waals surface area contributed by atoms with E-state index in [4.69, 9.17) is 5.11 Å². The van der Waals surface area contributed by atoms with Gasteiger partial charge in [0.25, 0.3) is 0 Å². The van der Waals surface area contributed by atoms with Crippen LogP contribution in [-0.4, -0.2) is 85.3 Å². The van der Waals surface area contributed by atoms with Crippen molar-refractivity contribution in [3.05, 3.63) is 34.5 Å². The summed E-state index contributed by atoms with van der Waals surface area (Å²) in [6.45, 7) is 10.3. The summed E-state index contributed by atoms with van der Waals surface area (Å²) in [6.07, 6.45) is 0. The number of phenolic OH excluding ortho intramolecular Hbond substituents is 1. The Hall–Kier alpha value is -2.29. The van der Waals surface area contributed by atoms with E-state index in [-0.39, 0.29) is 32.3 Å². The molecule has 0 fully saturated rings. The molecule has 0 radical (unpaired) electrons. The normalized spacial score (nSPS) is 12.0. The molecule has 0 saturated heterocycles. The Labute approximate surface area is 192 Å². The molecule has 172 valence electrons. The summed E-state index contributed by atoms with van der Waals surface area (Å²) in [7, 11) is 0. The Bertz CT molecular complexity index is 1270. The molecule has 4 aromatic rings. The first-order chi connectivity index (χ1) is 15.6. The predicted molar refractivity (Wildman–Crippen MR) is 132 cm³/mol. The summed E-state index contributed by atoms with van der Waals surface area (Å²) in [5.41, 5.74) is 2.81. The number of hydrogen-bond donors (Lipinski definition) is 5. The monoisotopic (exact) mass is 505 g/mol. The number of aromatic nitrogens is 2. The fourth-order valence-corrected chi connectivity index (χ4v) is 6.73. The second-order valence-electron chi connectivity index (χ2n) is 7.79. The molecule has 2 heterocycles. The van der Waals surface area contributed by atoms with E-state index in [9.17, 15) is 9.90 Å². The maximum atomic E-state index is 12.1. The van der Waals surface area contributed by atoms with Crippen LogP contribution in [0.1, 0.15) is 13.8 Å². The molecule has 0 aliphatic rings. The van der Waals surface area contributed by atoms with E-state index in [1.165, 1.54) is 11.5 Å². The van der Waals surface area contributed by atoms with Crippen LogP contribution >= 0.6 is 0 Å². The molecule has 0 aliphatic heterocycles. The Morgan fingerprint density at radius 3 is 2.66 bits per heavy atom. The van der Waals surface area contributed by atoms with Crippen LogP contribution in [0.3, 0.4) is 0 Å². The number of benzene rings is 2. The maximum absolute atomic E-state index is 12.1. The second-order valence-corrected chi connectivity index (χ2v) is 9.93. The zero-order valence-electron chi connectivity index (χ0n) is 18.6. The predicted octanol–water partition coefficient (Wildman–Crippen LogP) is 1.73. The molecule has 2 aromatic carbocycles. The van der Waals surface area contributed by atoms with E-state index < -0.39 is 0 Å². The number of rotatable bonds is 11. The van der Waals surface area contributed by atoms with Gasteiger partial charge in [-0.2, -0.15) is 0 Å². The fourth-order valence-electron chi connectivity index (χ4n) is 4.13. The van der Waals surface area contributed by atoms with Gasteiger partial charge in [-0.25, -0.2) is 0 Å². The zero-order chi connectivity index (χ0) is 22.7. The average molecular weight is 504 g/mol. The van der Waals surface area contributed by atoms with Crippen LogP contribution in [0.15, 0.2) is 29.1 Å². The van der Waals surface area contributed by atoms with E-state index >= 15 is 0 Å². The van der Waals surface area contributed by atoms with Crippen LogP contribution in [0.4, 0.5) is 5.69 Å². The number of nitrogens with one attached hydrogen (secondary N) is 3. The van der Waals surface area contributed by atoms with Gasteiger partial charge in [0.2, 0.25) is 0 Å². The molecule has 0 saturated carbocycles. The number of fused-ring (bicyclic) bond motifs is 2. The Kier molecular flexibility index (Phi) is 7.23. The summed E-state index contributed by atoms with van der Waals surface area (Å²) in [5.74, 6) is -0.134. The van der Waals surface area contributed by atoms with E-state index in [0.29, 0.717) is 6.54 Å². The fraction of sp³-hybridized carbons (Fsp3) is 0.435. The van der Waals surface area contributed by atoms with Crippen molar-refractivity contribution >= 4 is 50.5 Å². The Morgan fingerprint density at radius 1 is 1.09 bits per heavy atom. The molecule has 0 aliphatic carbocycles. The number of anilines is 1. The van der Waals surface area contributed by atoms with Gasteiger partial charge in [-0.05, 0) is 0 Å². The molecule has 0 spiro atoms. The molecule has 8 nitrogen and oxygen atoms in total. The van der Waals surface area contributed by atoms with Gasteiger partial charge in [0.1, 0.15) is 0 Å². The van der Waals surface area contributed by atoms with Crippen molar-refractivity contribution in [2.75, 3.05) is 51.2 Å². The Morgan fingerprint density at radius 2 is 1.91 bits per heavy atom. The molecule has 0 amide bonds. The van der Waals surface area contributed by atoms with Gasteiger partial charge in [0, 0.05) is 0 Å². The van der Waals surface area contributed by atoms with Gasteiger partial charge in [-0.1, -0.05) is 0 Å². The molecular formula is C23H31N5O3Se. The number of hydrogen-bond acceptors (Lipinski definition) is 6. The number of aliphatic hydroxyl groups excluding tert-OH is 1. The van der Waals surface area contributed by atoms with Crippen LogP contribution in [0.5, 0.6) is 5.75 Å². The van der Waals surface area contributed by atoms with Crippen molar-refractivity contribution in [3.8, 4) is 5.75 Å². The average Bonchev–Trinajstić information content (AvgIpc) is 3.18. The summed E-state index contributed by atoms with van der Waals surface area (Å²) in [6, 6.07) is 7.53. The number of phenols is 1. The van der Waals surface area contributed by atoms with Gasteiger partial charge < -0.3 is 0 Å². The molecule has 0 bridgehead atoms. The number of aliphatic hydroxyl groups is 1. The Balaban J connectivity index is 1.82. The molecule has 5 N–H and O–H groups in total. The van der Waals surface area contributed by atoms with Gasteiger partial charge in [-0.15, -0.1) is 0 Å². The number of likely N-dealkylation sites (N-methyl/N-ethyl adjacent to an activating group) is 1. The van der Waals surface area contributed by atoms with Gasteiger partial charge in [-0.3, -0.25) is 0 Å². The van der Waals surface area contributed by atoms with E-state index in [1.54, 1.807) is 0 Å². The van der Waals surface area contributed by atoms with Crippen molar-refractivity contribution < 1.29 is 10.2 Å². The first-order valence-electron chi connectivity index (χ1n) is 11.2. The molecule has 4 rings (SSSR count). The van der Waals surface area contributed by atoms with Crippen molar-refractivity contribution in [2.24, 2.45) is 0 Å². The molecule has 9 heteroatoms. The summed E-state index contributed by atoms with van der Waals surface area (Å²) in [5, 5.41) is 31.8. The third-order valence-corrected chi connectivity index (χ3v) is 8.54. The minimum atomic E-state index is -0.329. The first kappa shape index (κ1) is 22.9. The molecule has 0 atom stereocenters. The van der Waals surface area contributed by atoms with Crippen LogP contribution in [0.25, 0.3) is 30.3 Å². The minimum absolute atomic E-state index is 0.119. The van der Waals surface area contributed by atoms with Gasteiger partial charge in [0.15, 0.2) is 0 Å². The number of aromatic hydroxyl groups is 1. The van der Waals surface area contributed by atoms with Crippen LogP contribution < -0.4 is 16.1 Å². The van der Waals surface area contributed by atoms with Gasteiger partial charge >= 0.3 is 193 Å². The zero-order valence-corrected chi connectivity index (χ0v) is 20.3.